The number of nitrogens with one attached hydrogen (secondary N) is 1. The first-order valence-electron chi connectivity index (χ1n) is 6.50. The summed E-state index contributed by atoms with van der Waals surface area (Å²) >= 11 is 0. The fourth-order valence-electron chi connectivity index (χ4n) is 1.79. The van der Waals surface area contributed by atoms with E-state index in [9.17, 15) is 9.59 Å². The summed E-state index contributed by atoms with van der Waals surface area (Å²) in [6.45, 7) is 4.86. The summed E-state index contributed by atoms with van der Waals surface area (Å²) in [7, 11) is 3.05. The first kappa shape index (κ1) is 16.8. The molecule has 0 fully saturated rings. The fourth-order valence-corrected chi connectivity index (χ4v) is 1.79. The van der Waals surface area contributed by atoms with Gasteiger partial charge in [-0.1, -0.05) is 6.07 Å². The molecule has 2 N–H and O–H groups in total. The van der Waals surface area contributed by atoms with Crippen molar-refractivity contribution >= 4 is 11.9 Å². The van der Waals surface area contributed by atoms with Crippen molar-refractivity contribution in [1.82, 2.24) is 5.32 Å². The third-order valence-electron chi connectivity index (χ3n) is 3.39. The zero-order valence-electron chi connectivity index (χ0n) is 12.9. The molecule has 116 valence electrons. The van der Waals surface area contributed by atoms with Gasteiger partial charge in [0.05, 0.1) is 19.6 Å². The summed E-state index contributed by atoms with van der Waals surface area (Å²) in [5.41, 5.74) is -0.196. The van der Waals surface area contributed by atoms with Crippen molar-refractivity contribution in [3.63, 3.8) is 0 Å². The molecule has 0 aromatic heterocycles. The van der Waals surface area contributed by atoms with Crippen LogP contribution < -0.4 is 14.8 Å². The smallest absolute Gasteiger partial charge is 0.325 e. The van der Waals surface area contributed by atoms with E-state index in [4.69, 9.17) is 14.6 Å². The van der Waals surface area contributed by atoms with Crippen LogP contribution in [-0.2, 0) is 15.0 Å². The molecule has 1 amide bonds. The Bertz CT molecular complexity index is 539. The number of hydrogen-bond donors (Lipinski definition) is 2. The average Bonchev–Trinajstić information content (AvgIpc) is 2.45. The molecule has 6 heteroatoms. The van der Waals surface area contributed by atoms with E-state index < -0.39 is 17.4 Å². The minimum Gasteiger partial charge on any atom is -0.493 e. The van der Waals surface area contributed by atoms with Crippen LogP contribution >= 0.6 is 0 Å². The lowest BCUT2D eigenvalue weighted by Gasteiger charge is -2.26. The van der Waals surface area contributed by atoms with Gasteiger partial charge in [-0.2, -0.15) is 0 Å². The van der Waals surface area contributed by atoms with E-state index in [0.717, 1.165) is 0 Å². The molecule has 0 aliphatic heterocycles. The highest BCUT2D eigenvalue weighted by molar-refractivity contribution is 5.90. The van der Waals surface area contributed by atoms with Crippen molar-refractivity contribution in [3.8, 4) is 11.5 Å². The van der Waals surface area contributed by atoms with Crippen LogP contribution in [0.25, 0.3) is 0 Å². The highest BCUT2D eigenvalue weighted by atomic mass is 16.5. The monoisotopic (exact) mass is 295 g/mol. The van der Waals surface area contributed by atoms with Gasteiger partial charge in [0, 0.05) is 0 Å². The molecule has 1 aromatic carbocycles. The van der Waals surface area contributed by atoms with Gasteiger partial charge in [0.25, 0.3) is 0 Å². The van der Waals surface area contributed by atoms with Crippen LogP contribution in [-0.4, -0.2) is 37.2 Å². The molecule has 0 bridgehead atoms. The van der Waals surface area contributed by atoms with Crippen LogP contribution in [0.15, 0.2) is 18.2 Å². The van der Waals surface area contributed by atoms with Gasteiger partial charge in [-0.3, -0.25) is 9.59 Å². The Morgan fingerprint density at radius 1 is 1.19 bits per heavy atom. The molecule has 0 radical (unpaired) electrons. The molecule has 21 heavy (non-hydrogen) atoms. The van der Waals surface area contributed by atoms with Gasteiger partial charge >= 0.3 is 5.97 Å². The van der Waals surface area contributed by atoms with Gasteiger partial charge in [-0.05, 0) is 38.5 Å². The van der Waals surface area contributed by atoms with Gasteiger partial charge in [0.2, 0.25) is 5.91 Å². The lowest BCUT2D eigenvalue weighted by atomic mass is 9.83. The third kappa shape index (κ3) is 3.65. The lowest BCUT2D eigenvalue weighted by Crippen LogP contribution is -2.47. The Balaban J connectivity index is 3.06. The summed E-state index contributed by atoms with van der Waals surface area (Å²) in [6, 6.07) is 4.23. The van der Waals surface area contributed by atoms with Crippen molar-refractivity contribution in [1.29, 1.82) is 0 Å². The van der Waals surface area contributed by atoms with Crippen molar-refractivity contribution < 1.29 is 24.2 Å². The molecule has 0 saturated carbocycles. The number of carboxylic acid groups (broad SMARTS) is 1. The van der Waals surface area contributed by atoms with E-state index in [2.05, 4.69) is 5.32 Å². The van der Waals surface area contributed by atoms with Crippen molar-refractivity contribution in [2.24, 2.45) is 0 Å². The van der Waals surface area contributed by atoms with Crippen molar-refractivity contribution in [2.75, 3.05) is 14.2 Å². The maximum absolute atomic E-state index is 12.3. The van der Waals surface area contributed by atoms with Gasteiger partial charge in [-0.15, -0.1) is 0 Å². The zero-order valence-corrected chi connectivity index (χ0v) is 12.9. The minimum absolute atomic E-state index is 0.371. The predicted octanol–water partition coefficient (Wildman–Crippen LogP) is 1.57. The molecule has 0 saturated heterocycles. The number of methoxy groups -OCH3 is 2. The van der Waals surface area contributed by atoms with Crippen LogP contribution in [0.5, 0.6) is 11.5 Å². The highest BCUT2D eigenvalue weighted by Gasteiger charge is 2.32. The molecule has 1 atom stereocenters. The Kier molecular flexibility index (Phi) is 5.18. The van der Waals surface area contributed by atoms with Gasteiger partial charge in [-0.25, -0.2) is 0 Å². The quantitative estimate of drug-likeness (QED) is 0.832. The topological polar surface area (TPSA) is 84.9 Å². The Hall–Kier alpha value is -2.24. The Labute approximate surface area is 124 Å². The van der Waals surface area contributed by atoms with E-state index in [1.807, 2.05) is 0 Å². The number of aliphatic carboxylic acids is 1. The molecule has 0 spiro atoms. The number of carbonyl (C=O) groups excluding carboxylic acids is 1. The highest BCUT2D eigenvalue weighted by Crippen LogP contribution is 2.33. The second-order valence-electron chi connectivity index (χ2n) is 5.23. The molecule has 6 nitrogen and oxygen atoms in total. The Morgan fingerprint density at radius 2 is 1.76 bits per heavy atom. The molecule has 0 unspecified atom stereocenters. The van der Waals surface area contributed by atoms with Gasteiger partial charge in [0.15, 0.2) is 11.5 Å². The second kappa shape index (κ2) is 6.47. The number of carbonyl (C=O) groups is 2. The predicted molar refractivity (Wildman–Crippen MR) is 77.8 cm³/mol. The first-order chi connectivity index (χ1) is 9.73. The number of amides is 1. The summed E-state index contributed by atoms with van der Waals surface area (Å²) < 4.78 is 10.4. The molecule has 1 rings (SSSR count). The SMILES string of the molecule is COc1ccc(C(C)(C)C(=O)N[C@@H](C)C(=O)O)cc1OC. The standard InChI is InChI=1S/C15H21NO5/c1-9(13(17)18)16-14(19)15(2,3)10-6-7-11(20-4)12(8-10)21-5/h6-9H,1-5H3,(H,16,19)(H,17,18)/t9-/m0/s1. The summed E-state index contributed by atoms with van der Waals surface area (Å²) in [4.78, 5) is 23.1. The van der Waals surface area contributed by atoms with Crippen LogP contribution in [0, 0.1) is 0 Å². The Morgan fingerprint density at radius 3 is 2.24 bits per heavy atom. The molecular formula is C15H21NO5. The number of rotatable bonds is 6. The zero-order chi connectivity index (χ0) is 16.2. The van der Waals surface area contributed by atoms with Gasteiger partial charge in [0.1, 0.15) is 6.04 Å². The molecule has 0 aliphatic carbocycles. The minimum atomic E-state index is -1.08. The molecule has 1 aromatic rings. The molecule has 0 heterocycles. The van der Waals surface area contributed by atoms with Gasteiger partial charge < -0.3 is 19.9 Å². The second-order valence-corrected chi connectivity index (χ2v) is 5.23. The maximum atomic E-state index is 12.3. The number of benzene rings is 1. The van der Waals surface area contributed by atoms with E-state index >= 15 is 0 Å². The fraction of sp³-hybridized carbons (Fsp3) is 0.467. The van der Waals surface area contributed by atoms with E-state index in [1.54, 1.807) is 32.0 Å². The lowest BCUT2D eigenvalue weighted by molar-refractivity contribution is -0.142. The normalized spacial score (nSPS) is 12.4. The summed E-state index contributed by atoms with van der Waals surface area (Å²) in [6.07, 6.45) is 0. The van der Waals surface area contributed by atoms with Crippen LogP contribution in [0.3, 0.4) is 0 Å². The third-order valence-corrected chi connectivity index (χ3v) is 3.39. The van der Waals surface area contributed by atoms with Crippen molar-refractivity contribution in [3.05, 3.63) is 23.8 Å². The van der Waals surface area contributed by atoms with Crippen LogP contribution in [0.1, 0.15) is 26.3 Å². The number of hydrogen-bond acceptors (Lipinski definition) is 4. The van der Waals surface area contributed by atoms with E-state index in [1.165, 1.54) is 21.1 Å². The number of carboxylic acids is 1. The van der Waals surface area contributed by atoms with E-state index in [0.29, 0.717) is 17.1 Å². The van der Waals surface area contributed by atoms with E-state index in [-0.39, 0.29) is 5.91 Å². The summed E-state index contributed by atoms with van der Waals surface area (Å²) in [5, 5.41) is 11.3. The van der Waals surface area contributed by atoms with Crippen molar-refractivity contribution in [2.45, 2.75) is 32.2 Å². The average molecular weight is 295 g/mol. The largest absolute Gasteiger partial charge is 0.493 e. The molecule has 0 aliphatic rings. The molecular weight excluding hydrogens is 274 g/mol. The van der Waals surface area contributed by atoms with Crippen LogP contribution in [0.2, 0.25) is 0 Å². The maximum Gasteiger partial charge on any atom is 0.325 e. The number of ether oxygens (including phenoxy) is 2. The van der Waals surface area contributed by atoms with Crippen LogP contribution in [0.4, 0.5) is 0 Å². The summed E-state index contributed by atoms with van der Waals surface area (Å²) in [5.74, 6) is -0.366. The first-order valence-corrected chi connectivity index (χ1v) is 6.50.